The summed E-state index contributed by atoms with van der Waals surface area (Å²) < 4.78 is 27.6. The maximum Gasteiger partial charge on any atom is 0.216 e. The van der Waals surface area contributed by atoms with Gasteiger partial charge in [-0.15, -0.1) is 0 Å². The van der Waals surface area contributed by atoms with Crippen molar-refractivity contribution in [3.8, 4) is 5.75 Å². The number of nitrogens with two attached hydrogens (primary N) is 2. The molecule has 0 aromatic heterocycles. The molecule has 0 bridgehead atoms. The quantitative estimate of drug-likeness (QED) is 0.531. The van der Waals surface area contributed by atoms with E-state index in [0.29, 0.717) is 16.9 Å². The number of methoxy groups -OCH3 is 1. The molecule has 0 aliphatic rings. The van der Waals surface area contributed by atoms with E-state index in [2.05, 4.69) is 0 Å². The van der Waals surface area contributed by atoms with E-state index in [4.69, 9.17) is 21.0 Å². The summed E-state index contributed by atoms with van der Waals surface area (Å²) in [5.74, 6) is 0.234. The molecule has 1 aromatic rings. The van der Waals surface area contributed by atoms with Crippen molar-refractivity contribution in [2.75, 3.05) is 7.11 Å². The molecule has 1 rings (SSSR count). The van der Waals surface area contributed by atoms with Gasteiger partial charge in [0.25, 0.3) is 0 Å². The Hall–Kier alpha value is -1.60. The standard InChI is InChI=1S/C10H15N3O3S/c1-6(17(13,14)15)8-4-3-7(10(11)12)5-9(8)16-2/h3-6H,1-2H3,(H3,11,12)(H2,13,14,15). The van der Waals surface area contributed by atoms with Crippen molar-refractivity contribution in [3.63, 3.8) is 0 Å². The summed E-state index contributed by atoms with van der Waals surface area (Å²) in [6.45, 7) is 1.47. The lowest BCUT2D eigenvalue weighted by Crippen LogP contribution is -2.20. The van der Waals surface area contributed by atoms with Crippen molar-refractivity contribution in [1.29, 1.82) is 5.41 Å². The molecule has 0 heterocycles. The number of hydrogen-bond acceptors (Lipinski definition) is 4. The third-order valence-electron chi connectivity index (χ3n) is 2.48. The van der Waals surface area contributed by atoms with Gasteiger partial charge >= 0.3 is 0 Å². The normalized spacial score (nSPS) is 13.1. The number of rotatable bonds is 4. The van der Waals surface area contributed by atoms with Gasteiger partial charge in [-0.05, 0) is 13.0 Å². The van der Waals surface area contributed by atoms with E-state index in [1.807, 2.05) is 0 Å². The van der Waals surface area contributed by atoms with Crippen LogP contribution in [0.25, 0.3) is 0 Å². The predicted molar refractivity (Wildman–Crippen MR) is 65.5 cm³/mol. The van der Waals surface area contributed by atoms with E-state index >= 15 is 0 Å². The van der Waals surface area contributed by atoms with Crippen molar-refractivity contribution >= 4 is 15.9 Å². The van der Waals surface area contributed by atoms with Gasteiger partial charge in [0.05, 0.1) is 7.11 Å². The van der Waals surface area contributed by atoms with Crippen LogP contribution in [0.4, 0.5) is 0 Å². The first kappa shape index (κ1) is 13.5. The Labute approximate surface area is 100 Å². The SMILES string of the molecule is COc1cc(C(=N)N)ccc1C(C)S(N)(=O)=O. The monoisotopic (exact) mass is 257 g/mol. The van der Waals surface area contributed by atoms with Gasteiger partial charge in [-0.1, -0.05) is 12.1 Å². The summed E-state index contributed by atoms with van der Waals surface area (Å²) in [5.41, 5.74) is 6.24. The van der Waals surface area contributed by atoms with Crippen LogP contribution in [0.2, 0.25) is 0 Å². The molecule has 0 spiro atoms. The molecule has 17 heavy (non-hydrogen) atoms. The van der Waals surface area contributed by atoms with E-state index in [1.165, 1.54) is 20.1 Å². The highest BCUT2D eigenvalue weighted by Crippen LogP contribution is 2.29. The average molecular weight is 257 g/mol. The fourth-order valence-corrected chi connectivity index (χ4v) is 1.94. The third-order valence-corrected chi connectivity index (χ3v) is 3.71. The number of amidine groups is 1. The lowest BCUT2D eigenvalue weighted by molar-refractivity contribution is 0.409. The second-order valence-electron chi connectivity index (χ2n) is 3.60. The van der Waals surface area contributed by atoms with Crippen LogP contribution < -0.4 is 15.6 Å². The van der Waals surface area contributed by atoms with E-state index < -0.39 is 15.3 Å². The molecule has 5 N–H and O–H groups in total. The molecule has 0 aliphatic carbocycles. The Morgan fingerprint density at radius 1 is 1.47 bits per heavy atom. The fourth-order valence-electron chi connectivity index (χ4n) is 1.39. The number of benzene rings is 1. The Morgan fingerprint density at radius 2 is 2.06 bits per heavy atom. The Kier molecular flexibility index (Phi) is 3.74. The molecule has 7 heteroatoms. The first-order chi connectivity index (χ1) is 7.77. The van der Waals surface area contributed by atoms with Gasteiger partial charge in [0, 0.05) is 11.1 Å². The molecule has 0 radical (unpaired) electrons. The van der Waals surface area contributed by atoms with Gasteiger partial charge in [0.2, 0.25) is 10.0 Å². The van der Waals surface area contributed by atoms with Crippen molar-refractivity contribution in [1.82, 2.24) is 0 Å². The van der Waals surface area contributed by atoms with Crippen LogP contribution in [0, 0.1) is 5.41 Å². The largest absolute Gasteiger partial charge is 0.496 e. The van der Waals surface area contributed by atoms with Gasteiger partial charge in [-0.3, -0.25) is 5.41 Å². The zero-order chi connectivity index (χ0) is 13.2. The number of sulfonamides is 1. The highest BCUT2D eigenvalue weighted by molar-refractivity contribution is 7.89. The average Bonchev–Trinajstić information content (AvgIpc) is 2.25. The Balaban J connectivity index is 3.31. The van der Waals surface area contributed by atoms with Crippen LogP contribution in [0.3, 0.4) is 0 Å². The maximum atomic E-state index is 11.3. The zero-order valence-electron chi connectivity index (χ0n) is 9.60. The smallest absolute Gasteiger partial charge is 0.216 e. The van der Waals surface area contributed by atoms with Gasteiger partial charge < -0.3 is 10.5 Å². The minimum Gasteiger partial charge on any atom is -0.496 e. The van der Waals surface area contributed by atoms with Gasteiger partial charge in [0.1, 0.15) is 16.8 Å². The number of primary sulfonamides is 1. The Morgan fingerprint density at radius 3 is 2.47 bits per heavy atom. The lowest BCUT2D eigenvalue weighted by atomic mass is 10.1. The van der Waals surface area contributed by atoms with E-state index in [-0.39, 0.29) is 5.84 Å². The third kappa shape index (κ3) is 2.95. The lowest BCUT2D eigenvalue weighted by Gasteiger charge is -2.14. The van der Waals surface area contributed by atoms with Crippen LogP contribution in [0.1, 0.15) is 23.3 Å². The van der Waals surface area contributed by atoms with Gasteiger partial charge in [0.15, 0.2) is 0 Å². The zero-order valence-corrected chi connectivity index (χ0v) is 10.4. The van der Waals surface area contributed by atoms with E-state index in [9.17, 15) is 8.42 Å². The van der Waals surface area contributed by atoms with Crippen LogP contribution in [0.15, 0.2) is 18.2 Å². The van der Waals surface area contributed by atoms with Crippen molar-refractivity contribution in [2.45, 2.75) is 12.2 Å². The first-order valence-electron chi connectivity index (χ1n) is 4.81. The molecule has 0 saturated carbocycles. The molecule has 0 aliphatic heterocycles. The van der Waals surface area contributed by atoms with Crippen LogP contribution in [0.5, 0.6) is 5.75 Å². The molecule has 1 aromatic carbocycles. The summed E-state index contributed by atoms with van der Waals surface area (Å²) in [4.78, 5) is 0. The number of hydrogen-bond donors (Lipinski definition) is 3. The van der Waals surface area contributed by atoms with Crippen molar-refractivity contribution in [3.05, 3.63) is 29.3 Å². The highest BCUT2D eigenvalue weighted by Gasteiger charge is 2.22. The summed E-state index contributed by atoms with van der Waals surface area (Å²) in [6, 6.07) is 4.62. The molecule has 1 atom stereocenters. The van der Waals surface area contributed by atoms with Crippen LogP contribution >= 0.6 is 0 Å². The summed E-state index contributed by atoms with van der Waals surface area (Å²) in [6.07, 6.45) is 0. The predicted octanol–water partition coefficient (Wildman–Crippen LogP) is 0.329. The van der Waals surface area contributed by atoms with Crippen molar-refractivity contribution < 1.29 is 13.2 Å². The molecule has 0 fully saturated rings. The minimum absolute atomic E-state index is 0.113. The van der Waals surface area contributed by atoms with Crippen LogP contribution in [-0.4, -0.2) is 21.4 Å². The summed E-state index contributed by atoms with van der Waals surface area (Å²) in [7, 11) is -2.27. The summed E-state index contributed by atoms with van der Waals surface area (Å²) >= 11 is 0. The molecular weight excluding hydrogens is 242 g/mol. The minimum atomic E-state index is -3.69. The fraction of sp³-hybridized carbons (Fsp3) is 0.300. The number of nitrogens with one attached hydrogen (secondary N) is 1. The molecule has 6 nitrogen and oxygen atoms in total. The molecule has 0 saturated heterocycles. The first-order valence-corrected chi connectivity index (χ1v) is 6.42. The maximum absolute atomic E-state index is 11.3. The molecule has 0 amide bonds. The Bertz CT molecular complexity index is 540. The van der Waals surface area contributed by atoms with Gasteiger partial charge in [-0.25, -0.2) is 13.6 Å². The number of ether oxygens (including phenoxy) is 1. The topological polar surface area (TPSA) is 119 Å². The van der Waals surface area contributed by atoms with Crippen LogP contribution in [-0.2, 0) is 10.0 Å². The number of nitrogen functional groups attached to an aromatic ring is 1. The molecular formula is C10H15N3O3S. The molecule has 1 unspecified atom stereocenters. The second-order valence-corrected chi connectivity index (χ2v) is 5.49. The second kappa shape index (κ2) is 4.72. The summed E-state index contributed by atoms with van der Waals surface area (Å²) in [5, 5.41) is 11.5. The molecule has 94 valence electrons. The van der Waals surface area contributed by atoms with E-state index in [0.717, 1.165) is 0 Å². The van der Waals surface area contributed by atoms with E-state index in [1.54, 1.807) is 12.1 Å². The highest BCUT2D eigenvalue weighted by atomic mass is 32.2. The van der Waals surface area contributed by atoms with Gasteiger partial charge in [-0.2, -0.15) is 0 Å². The van der Waals surface area contributed by atoms with Crippen molar-refractivity contribution in [2.24, 2.45) is 10.9 Å².